The van der Waals surface area contributed by atoms with Crippen molar-refractivity contribution in [2.24, 2.45) is 0 Å². The van der Waals surface area contributed by atoms with Crippen LogP contribution in [0.25, 0.3) is 0 Å². The van der Waals surface area contributed by atoms with E-state index in [1.54, 1.807) is 55.5 Å². The third kappa shape index (κ3) is 5.74. The predicted octanol–water partition coefficient (Wildman–Crippen LogP) is 2.27. The molecule has 30 heavy (non-hydrogen) atoms. The smallest absolute Gasteiger partial charge is 0.255 e. The van der Waals surface area contributed by atoms with Crippen LogP contribution in [0, 0.1) is 0 Å². The fourth-order valence-corrected chi connectivity index (χ4v) is 3.51. The average Bonchev–Trinajstić information content (AvgIpc) is 3.22. The molecule has 1 heterocycles. The maximum absolute atomic E-state index is 12.5. The van der Waals surface area contributed by atoms with Gasteiger partial charge in [-0.25, -0.2) is 18.1 Å². The first-order chi connectivity index (χ1) is 14.2. The number of nitrogens with one attached hydrogen (secondary N) is 2. The van der Waals surface area contributed by atoms with Crippen LogP contribution in [0.5, 0.6) is 0 Å². The van der Waals surface area contributed by atoms with Gasteiger partial charge in [0.2, 0.25) is 5.91 Å². The number of sulfone groups is 1. The number of anilines is 2. The van der Waals surface area contributed by atoms with E-state index >= 15 is 0 Å². The Hall–Kier alpha value is -3.53. The largest absolute Gasteiger partial charge is 0.324 e. The molecule has 0 aliphatic rings. The van der Waals surface area contributed by atoms with Crippen LogP contribution in [0.2, 0.25) is 0 Å². The standard InChI is InChI=1S/C20H21N5O4S/c1-14(25-13-21-12-22-25)19(26)23-17-6-8-18(9-7-17)24-20(27)16-5-3-4-15(10-16)11-30(2,28)29/h3-10,12-14H,11H2,1-2H3,(H,23,26)(H,24,27). The van der Waals surface area contributed by atoms with Crippen LogP contribution in [0.3, 0.4) is 0 Å². The molecule has 2 N–H and O–H groups in total. The molecule has 2 amide bonds. The van der Waals surface area contributed by atoms with Crippen molar-refractivity contribution >= 4 is 33.0 Å². The van der Waals surface area contributed by atoms with E-state index in [-0.39, 0.29) is 17.6 Å². The molecule has 0 fully saturated rings. The molecule has 0 saturated carbocycles. The molecule has 3 aromatic rings. The predicted molar refractivity (Wildman–Crippen MR) is 113 cm³/mol. The van der Waals surface area contributed by atoms with E-state index in [0.29, 0.717) is 22.5 Å². The van der Waals surface area contributed by atoms with Gasteiger partial charge in [0.1, 0.15) is 18.7 Å². The van der Waals surface area contributed by atoms with Crippen molar-refractivity contribution in [3.63, 3.8) is 0 Å². The number of amides is 2. The maximum atomic E-state index is 12.5. The summed E-state index contributed by atoms with van der Waals surface area (Å²) in [5.41, 5.74) is 2.01. The summed E-state index contributed by atoms with van der Waals surface area (Å²) in [6, 6.07) is 12.6. The highest BCUT2D eigenvalue weighted by molar-refractivity contribution is 7.89. The maximum Gasteiger partial charge on any atom is 0.255 e. The first-order valence-electron chi connectivity index (χ1n) is 9.04. The van der Waals surface area contributed by atoms with Crippen LogP contribution in [-0.4, -0.2) is 41.3 Å². The fourth-order valence-electron chi connectivity index (χ4n) is 2.73. The molecule has 0 spiro atoms. The van der Waals surface area contributed by atoms with Crippen molar-refractivity contribution in [3.05, 3.63) is 72.3 Å². The molecule has 10 heteroatoms. The van der Waals surface area contributed by atoms with Gasteiger partial charge in [-0.3, -0.25) is 9.59 Å². The highest BCUT2D eigenvalue weighted by Gasteiger charge is 2.15. The lowest BCUT2D eigenvalue weighted by Gasteiger charge is -2.12. The second kappa shape index (κ2) is 8.87. The van der Waals surface area contributed by atoms with Gasteiger partial charge in [-0.2, -0.15) is 5.10 Å². The molecule has 9 nitrogen and oxygen atoms in total. The van der Waals surface area contributed by atoms with E-state index in [0.717, 1.165) is 6.26 Å². The minimum Gasteiger partial charge on any atom is -0.324 e. The Labute approximate surface area is 174 Å². The van der Waals surface area contributed by atoms with Gasteiger partial charge in [-0.05, 0) is 48.9 Å². The van der Waals surface area contributed by atoms with Crippen LogP contribution < -0.4 is 10.6 Å². The van der Waals surface area contributed by atoms with Crippen LogP contribution >= 0.6 is 0 Å². The van der Waals surface area contributed by atoms with Crippen molar-refractivity contribution in [2.45, 2.75) is 18.7 Å². The molecule has 1 aromatic heterocycles. The van der Waals surface area contributed by atoms with Gasteiger partial charge in [-0.1, -0.05) is 12.1 Å². The van der Waals surface area contributed by atoms with Crippen molar-refractivity contribution < 1.29 is 18.0 Å². The van der Waals surface area contributed by atoms with E-state index in [1.807, 2.05) is 0 Å². The number of hydrogen-bond acceptors (Lipinski definition) is 6. The van der Waals surface area contributed by atoms with Crippen LogP contribution in [0.4, 0.5) is 11.4 Å². The van der Waals surface area contributed by atoms with E-state index in [2.05, 4.69) is 20.7 Å². The molecule has 0 aliphatic heterocycles. The van der Waals surface area contributed by atoms with Crippen molar-refractivity contribution in [1.82, 2.24) is 14.8 Å². The van der Waals surface area contributed by atoms with E-state index in [9.17, 15) is 18.0 Å². The summed E-state index contributed by atoms with van der Waals surface area (Å²) in [7, 11) is -3.19. The van der Waals surface area contributed by atoms with Crippen LogP contribution in [-0.2, 0) is 20.4 Å². The Kier molecular flexibility index (Phi) is 6.26. The molecule has 1 unspecified atom stereocenters. The number of benzene rings is 2. The summed E-state index contributed by atoms with van der Waals surface area (Å²) in [4.78, 5) is 28.6. The first kappa shape index (κ1) is 21.2. The normalized spacial score (nSPS) is 12.2. The number of rotatable bonds is 7. The third-order valence-corrected chi connectivity index (χ3v) is 5.10. The number of nitrogens with zero attached hydrogens (tertiary/aromatic N) is 3. The summed E-state index contributed by atoms with van der Waals surface area (Å²) >= 11 is 0. The van der Waals surface area contributed by atoms with Crippen molar-refractivity contribution in [2.75, 3.05) is 16.9 Å². The molecule has 156 valence electrons. The van der Waals surface area contributed by atoms with Gasteiger partial charge in [0.25, 0.3) is 5.91 Å². The molecule has 3 rings (SSSR count). The van der Waals surface area contributed by atoms with Crippen LogP contribution in [0.15, 0.2) is 61.2 Å². The zero-order chi connectivity index (χ0) is 21.7. The molecular weight excluding hydrogens is 406 g/mol. The van der Waals surface area contributed by atoms with Gasteiger partial charge in [0, 0.05) is 23.2 Å². The third-order valence-electron chi connectivity index (χ3n) is 4.24. The molecule has 0 saturated heterocycles. The minimum atomic E-state index is -3.19. The van der Waals surface area contributed by atoms with Gasteiger partial charge < -0.3 is 10.6 Å². The molecule has 0 bridgehead atoms. The van der Waals surface area contributed by atoms with Gasteiger partial charge in [-0.15, -0.1) is 0 Å². The van der Waals surface area contributed by atoms with Crippen molar-refractivity contribution in [1.29, 1.82) is 0 Å². The van der Waals surface area contributed by atoms with Gasteiger partial charge in [0.15, 0.2) is 9.84 Å². The Morgan fingerprint density at radius 1 is 1.07 bits per heavy atom. The number of aromatic nitrogens is 3. The quantitative estimate of drug-likeness (QED) is 0.596. The molecule has 0 radical (unpaired) electrons. The summed E-state index contributed by atoms with van der Waals surface area (Å²) in [5, 5.41) is 9.47. The highest BCUT2D eigenvalue weighted by atomic mass is 32.2. The Morgan fingerprint density at radius 2 is 1.73 bits per heavy atom. The SMILES string of the molecule is CC(C(=O)Nc1ccc(NC(=O)c2cccc(CS(C)(=O)=O)c2)cc1)n1cncn1. The zero-order valence-corrected chi connectivity index (χ0v) is 17.3. The second-order valence-corrected chi connectivity index (χ2v) is 8.98. The summed E-state index contributed by atoms with van der Waals surface area (Å²) in [6.45, 7) is 1.70. The lowest BCUT2D eigenvalue weighted by molar-refractivity contribution is -0.119. The lowest BCUT2D eigenvalue weighted by atomic mass is 10.1. The van der Waals surface area contributed by atoms with Gasteiger partial charge in [0.05, 0.1) is 5.75 Å². The van der Waals surface area contributed by atoms with Crippen molar-refractivity contribution in [3.8, 4) is 0 Å². The monoisotopic (exact) mass is 427 g/mol. The summed E-state index contributed by atoms with van der Waals surface area (Å²) < 4.78 is 24.3. The first-order valence-corrected chi connectivity index (χ1v) is 11.1. The fraction of sp³-hybridized carbons (Fsp3) is 0.200. The van der Waals surface area contributed by atoms with Gasteiger partial charge >= 0.3 is 0 Å². The Morgan fingerprint density at radius 3 is 2.33 bits per heavy atom. The van der Waals surface area contributed by atoms with Crippen LogP contribution in [0.1, 0.15) is 28.9 Å². The molecule has 1 atom stereocenters. The minimum absolute atomic E-state index is 0.129. The van der Waals surface area contributed by atoms with E-state index in [1.165, 1.54) is 17.3 Å². The van der Waals surface area contributed by atoms with E-state index < -0.39 is 15.9 Å². The summed E-state index contributed by atoms with van der Waals surface area (Å²) in [5.74, 6) is -0.739. The molecule has 2 aromatic carbocycles. The summed E-state index contributed by atoms with van der Waals surface area (Å²) in [6.07, 6.45) is 3.97. The molecule has 0 aliphatic carbocycles. The number of hydrogen-bond donors (Lipinski definition) is 2. The lowest BCUT2D eigenvalue weighted by Crippen LogP contribution is -2.24. The van der Waals surface area contributed by atoms with E-state index in [4.69, 9.17) is 0 Å². The zero-order valence-electron chi connectivity index (χ0n) is 16.4. The number of carbonyl (C=O) groups excluding carboxylic acids is 2. The topological polar surface area (TPSA) is 123 Å². The molecular formula is C20H21N5O4S. The number of carbonyl (C=O) groups is 2. The Bertz CT molecular complexity index is 1140. The Balaban J connectivity index is 1.62. The second-order valence-electron chi connectivity index (χ2n) is 6.84. The highest BCUT2D eigenvalue weighted by Crippen LogP contribution is 2.17. The average molecular weight is 427 g/mol.